The molecule has 2 heteroatoms. The summed E-state index contributed by atoms with van der Waals surface area (Å²) in [5.41, 5.74) is 2.97. The molecule has 1 rings (SSSR count). The van der Waals surface area contributed by atoms with Crippen molar-refractivity contribution in [3.8, 4) is 0 Å². The highest BCUT2D eigenvalue weighted by atomic mass is 15.1. The van der Waals surface area contributed by atoms with Crippen molar-refractivity contribution >= 4 is 0 Å². The Bertz CT molecular complexity index is 253. The van der Waals surface area contributed by atoms with E-state index < -0.39 is 0 Å². The fraction of sp³-hybridized carbons (Fsp3) is 0.692. The van der Waals surface area contributed by atoms with Crippen LogP contribution in [0.15, 0.2) is 23.4 Å². The Morgan fingerprint density at radius 3 is 2.80 bits per heavy atom. The van der Waals surface area contributed by atoms with Gasteiger partial charge in [-0.1, -0.05) is 13.0 Å². The average Bonchev–Trinajstić information content (AvgIpc) is 2.21. The van der Waals surface area contributed by atoms with Crippen LogP contribution in [0.1, 0.15) is 27.2 Å². The molecule has 0 aromatic rings. The van der Waals surface area contributed by atoms with E-state index in [0.29, 0.717) is 5.92 Å². The molecule has 1 N–H and O–H groups in total. The van der Waals surface area contributed by atoms with E-state index in [0.717, 1.165) is 19.6 Å². The Morgan fingerprint density at radius 2 is 2.27 bits per heavy atom. The van der Waals surface area contributed by atoms with Crippen LogP contribution in [-0.2, 0) is 0 Å². The number of hydrogen-bond donors (Lipinski definition) is 1. The van der Waals surface area contributed by atoms with E-state index in [1.165, 1.54) is 17.7 Å². The minimum Gasteiger partial charge on any atom is -0.371 e. The molecule has 1 unspecified atom stereocenters. The molecule has 1 aliphatic carbocycles. The van der Waals surface area contributed by atoms with Gasteiger partial charge in [0.25, 0.3) is 0 Å². The van der Waals surface area contributed by atoms with Gasteiger partial charge in [-0.2, -0.15) is 0 Å². The van der Waals surface area contributed by atoms with Crippen LogP contribution >= 0.6 is 0 Å². The summed E-state index contributed by atoms with van der Waals surface area (Å²) in [5, 5.41) is 3.21. The quantitative estimate of drug-likeness (QED) is 0.746. The first-order valence-corrected chi connectivity index (χ1v) is 5.96. The van der Waals surface area contributed by atoms with Crippen LogP contribution in [0, 0.1) is 5.92 Å². The summed E-state index contributed by atoms with van der Waals surface area (Å²) in [6.07, 6.45) is 5.83. The van der Waals surface area contributed by atoms with E-state index in [4.69, 9.17) is 0 Å². The average molecular weight is 208 g/mol. The highest BCUT2D eigenvalue weighted by Crippen LogP contribution is 2.24. The molecule has 0 aromatic carbocycles. The third-order valence-electron chi connectivity index (χ3n) is 3.00. The van der Waals surface area contributed by atoms with E-state index in [9.17, 15) is 0 Å². The van der Waals surface area contributed by atoms with Crippen molar-refractivity contribution in [3.05, 3.63) is 23.4 Å². The highest BCUT2D eigenvalue weighted by Gasteiger charge is 2.13. The molecule has 0 aliphatic heterocycles. The third-order valence-corrected chi connectivity index (χ3v) is 3.00. The third kappa shape index (κ3) is 3.38. The van der Waals surface area contributed by atoms with Gasteiger partial charge in [-0.25, -0.2) is 0 Å². The van der Waals surface area contributed by atoms with Crippen molar-refractivity contribution < 1.29 is 0 Å². The first-order chi connectivity index (χ1) is 7.19. The summed E-state index contributed by atoms with van der Waals surface area (Å²) in [5.74, 6) is 0.705. The normalized spacial score (nSPS) is 20.9. The van der Waals surface area contributed by atoms with Gasteiger partial charge >= 0.3 is 0 Å². The fourth-order valence-electron chi connectivity index (χ4n) is 2.12. The summed E-state index contributed by atoms with van der Waals surface area (Å²) >= 11 is 0. The molecule has 0 bridgehead atoms. The second-order valence-electron chi connectivity index (χ2n) is 4.39. The van der Waals surface area contributed by atoms with Gasteiger partial charge in [-0.3, -0.25) is 0 Å². The van der Waals surface area contributed by atoms with Crippen molar-refractivity contribution in [1.82, 2.24) is 10.2 Å². The second kappa shape index (κ2) is 5.96. The van der Waals surface area contributed by atoms with E-state index in [1.54, 1.807) is 0 Å². The lowest BCUT2D eigenvalue weighted by atomic mass is 9.94. The van der Waals surface area contributed by atoms with Crippen molar-refractivity contribution in [3.63, 3.8) is 0 Å². The molecule has 0 radical (unpaired) electrons. The van der Waals surface area contributed by atoms with Gasteiger partial charge in [-0.05, 0) is 44.9 Å². The maximum absolute atomic E-state index is 3.21. The number of nitrogens with zero attached hydrogens (tertiary/aromatic N) is 1. The molecule has 1 aliphatic rings. The van der Waals surface area contributed by atoms with Crippen molar-refractivity contribution in [2.24, 2.45) is 5.92 Å². The maximum Gasteiger partial charge on any atom is 0.0352 e. The van der Waals surface area contributed by atoms with Crippen molar-refractivity contribution in [1.29, 1.82) is 0 Å². The summed E-state index contributed by atoms with van der Waals surface area (Å²) in [7, 11) is 2.01. The van der Waals surface area contributed by atoms with Crippen LogP contribution in [0.25, 0.3) is 0 Å². The lowest BCUT2D eigenvalue weighted by Crippen LogP contribution is -2.31. The van der Waals surface area contributed by atoms with Crippen LogP contribution in [0.3, 0.4) is 0 Å². The Kier molecular flexibility index (Phi) is 4.89. The van der Waals surface area contributed by atoms with E-state index in [2.05, 4.69) is 43.1 Å². The fourth-order valence-corrected chi connectivity index (χ4v) is 2.12. The topological polar surface area (TPSA) is 15.3 Å². The van der Waals surface area contributed by atoms with Crippen LogP contribution < -0.4 is 5.32 Å². The van der Waals surface area contributed by atoms with E-state index in [1.807, 2.05) is 7.05 Å². The largest absolute Gasteiger partial charge is 0.371 e. The lowest BCUT2D eigenvalue weighted by molar-refractivity contribution is 0.364. The molecule has 0 amide bonds. The second-order valence-corrected chi connectivity index (χ2v) is 4.39. The van der Waals surface area contributed by atoms with Gasteiger partial charge in [-0.15, -0.1) is 0 Å². The first kappa shape index (κ1) is 12.3. The molecule has 0 saturated carbocycles. The predicted molar refractivity (Wildman–Crippen MR) is 66.8 cm³/mol. The van der Waals surface area contributed by atoms with E-state index >= 15 is 0 Å². The van der Waals surface area contributed by atoms with Gasteiger partial charge < -0.3 is 10.2 Å². The molecule has 0 aromatic heterocycles. The van der Waals surface area contributed by atoms with Gasteiger partial charge in [0, 0.05) is 25.3 Å². The number of nitrogens with one attached hydrogen (secondary N) is 1. The molecule has 0 fully saturated rings. The number of hydrogen-bond acceptors (Lipinski definition) is 2. The zero-order valence-electron chi connectivity index (χ0n) is 10.5. The highest BCUT2D eigenvalue weighted by molar-refractivity contribution is 5.28. The molecule has 86 valence electrons. The summed E-state index contributed by atoms with van der Waals surface area (Å²) < 4.78 is 0. The lowest BCUT2D eigenvalue weighted by Gasteiger charge is -2.29. The molecule has 0 spiro atoms. The predicted octanol–water partition coefficient (Wildman–Crippen LogP) is 2.40. The molecule has 2 nitrogen and oxygen atoms in total. The van der Waals surface area contributed by atoms with Crippen molar-refractivity contribution in [2.75, 3.05) is 26.7 Å². The standard InChI is InChI=1S/C13H24N2/c1-5-15(9-8-14-4)13-7-6-11(2)10-12(13)3/h6-7,11,14H,5,8-10H2,1-4H3. The minimum absolute atomic E-state index is 0.705. The van der Waals surface area contributed by atoms with Gasteiger partial charge in [0.15, 0.2) is 0 Å². The van der Waals surface area contributed by atoms with Gasteiger partial charge in [0.05, 0.1) is 0 Å². The Morgan fingerprint density at radius 1 is 1.53 bits per heavy atom. The molecule has 1 atom stereocenters. The summed E-state index contributed by atoms with van der Waals surface area (Å²) in [4.78, 5) is 2.45. The zero-order chi connectivity index (χ0) is 11.3. The van der Waals surface area contributed by atoms with Crippen LogP contribution in [0.5, 0.6) is 0 Å². The van der Waals surface area contributed by atoms with Crippen LogP contribution in [0.2, 0.25) is 0 Å². The Labute approximate surface area is 94.0 Å². The maximum atomic E-state index is 3.21. The SMILES string of the molecule is CCN(CCNC)C1=C(C)CC(C)C=C1. The molecule has 0 heterocycles. The number of likely N-dealkylation sites (N-methyl/N-ethyl adjacent to an activating group) is 2. The van der Waals surface area contributed by atoms with Gasteiger partial charge in [0.1, 0.15) is 0 Å². The zero-order valence-corrected chi connectivity index (χ0v) is 10.5. The summed E-state index contributed by atoms with van der Waals surface area (Å²) in [6.45, 7) is 10.00. The number of rotatable bonds is 5. The molecular weight excluding hydrogens is 184 g/mol. The molecule has 15 heavy (non-hydrogen) atoms. The van der Waals surface area contributed by atoms with Gasteiger partial charge in [0.2, 0.25) is 0 Å². The Balaban J connectivity index is 2.67. The smallest absolute Gasteiger partial charge is 0.0352 e. The minimum atomic E-state index is 0.705. The van der Waals surface area contributed by atoms with Crippen LogP contribution in [-0.4, -0.2) is 31.6 Å². The Hall–Kier alpha value is -0.760. The monoisotopic (exact) mass is 208 g/mol. The van der Waals surface area contributed by atoms with E-state index in [-0.39, 0.29) is 0 Å². The first-order valence-electron chi connectivity index (χ1n) is 5.96. The van der Waals surface area contributed by atoms with Crippen molar-refractivity contribution in [2.45, 2.75) is 27.2 Å². The van der Waals surface area contributed by atoms with Crippen LogP contribution in [0.4, 0.5) is 0 Å². The molecule has 0 saturated heterocycles. The number of allylic oxidation sites excluding steroid dienone is 3. The molecular formula is C13H24N2. The summed E-state index contributed by atoms with van der Waals surface area (Å²) in [6, 6.07) is 0.